The fourth-order valence-electron chi connectivity index (χ4n) is 2.57. The van der Waals surface area contributed by atoms with Crippen molar-refractivity contribution in [1.29, 1.82) is 0 Å². The number of hydrogen-bond acceptors (Lipinski definition) is 3. The van der Waals surface area contributed by atoms with E-state index in [0.29, 0.717) is 0 Å². The second kappa shape index (κ2) is 6.89. The van der Waals surface area contributed by atoms with E-state index in [1.807, 2.05) is 36.8 Å². The van der Waals surface area contributed by atoms with Crippen LogP contribution in [-0.2, 0) is 6.54 Å². The second-order valence-electron chi connectivity index (χ2n) is 5.28. The summed E-state index contributed by atoms with van der Waals surface area (Å²) >= 11 is 0. The summed E-state index contributed by atoms with van der Waals surface area (Å²) in [6.45, 7) is 3.92. The van der Waals surface area contributed by atoms with Crippen LogP contribution in [-0.4, -0.2) is 21.1 Å². The minimum Gasteiger partial charge on any atom is -0.382 e. The van der Waals surface area contributed by atoms with Crippen molar-refractivity contribution in [3.05, 3.63) is 78.6 Å². The maximum Gasteiger partial charge on any atom is 0.115 e. The Balaban J connectivity index is 1.65. The van der Waals surface area contributed by atoms with Gasteiger partial charge in [0, 0.05) is 43.8 Å². The number of rotatable bonds is 6. The maximum atomic E-state index is 4.54. The number of nitrogens with zero attached hydrogens (tertiary/aromatic N) is 3. The first-order valence-corrected chi connectivity index (χ1v) is 7.54. The Morgan fingerprint density at radius 3 is 2.73 bits per heavy atom. The lowest BCUT2D eigenvalue weighted by Gasteiger charge is -2.15. The molecule has 0 spiro atoms. The predicted octanol–water partition coefficient (Wildman–Crippen LogP) is 3.54. The average molecular weight is 292 g/mol. The van der Waals surface area contributed by atoms with Crippen molar-refractivity contribution >= 4 is 5.69 Å². The number of hydrogen-bond donors (Lipinski definition) is 1. The Labute approximate surface area is 130 Å². The van der Waals surface area contributed by atoms with E-state index in [9.17, 15) is 0 Å². The van der Waals surface area contributed by atoms with Crippen LogP contribution in [0.15, 0.2) is 67.3 Å². The standard InChI is InChI=1S/C18H20N4/c1-15(16-6-3-2-4-7-16)18-21-11-13-22(18)12-10-20-17-8-5-9-19-14-17/h2-9,11,13-15,20H,10,12H2,1H3/t15-/m0/s1. The van der Waals surface area contributed by atoms with Gasteiger partial charge in [-0.05, 0) is 17.7 Å². The summed E-state index contributed by atoms with van der Waals surface area (Å²) in [5.41, 5.74) is 2.33. The van der Waals surface area contributed by atoms with Crippen molar-refractivity contribution in [2.24, 2.45) is 0 Å². The van der Waals surface area contributed by atoms with Gasteiger partial charge < -0.3 is 9.88 Å². The Bertz CT molecular complexity index is 691. The molecule has 0 saturated heterocycles. The van der Waals surface area contributed by atoms with E-state index >= 15 is 0 Å². The monoisotopic (exact) mass is 292 g/mol. The van der Waals surface area contributed by atoms with Gasteiger partial charge in [-0.2, -0.15) is 0 Å². The van der Waals surface area contributed by atoms with Crippen molar-refractivity contribution in [3.8, 4) is 0 Å². The van der Waals surface area contributed by atoms with Crippen LogP contribution in [0, 0.1) is 0 Å². The van der Waals surface area contributed by atoms with Gasteiger partial charge >= 0.3 is 0 Å². The topological polar surface area (TPSA) is 42.7 Å². The first kappa shape index (κ1) is 14.3. The summed E-state index contributed by atoms with van der Waals surface area (Å²) in [5.74, 6) is 1.38. The molecular formula is C18H20N4. The van der Waals surface area contributed by atoms with Gasteiger partial charge in [-0.1, -0.05) is 37.3 Å². The Morgan fingerprint density at radius 1 is 1.09 bits per heavy atom. The SMILES string of the molecule is C[C@@H](c1ccccc1)c1nccn1CCNc1cccnc1. The Morgan fingerprint density at radius 2 is 1.95 bits per heavy atom. The maximum absolute atomic E-state index is 4.54. The Hall–Kier alpha value is -2.62. The second-order valence-corrected chi connectivity index (χ2v) is 5.28. The highest BCUT2D eigenvalue weighted by Crippen LogP contribution is 2.22. The highest BCUT2D eigenvalue weighted by atomic mass is 15.1. The molecule has 4 nitrogen and oxygen atoms in total. The molecule has 4 heteroatoms. The highest BCUT2D eigenvalue weighted by Gasteiger charge is 2.13. The number of aromatic nitrogens is 3. The normalized spacial score (nSPS) is 12.0. The van der Waals surface area contributed by atoms with Gasteiger partial charge in [-0.25, -0.2) is 4.98 Å². The van der Waals surface area contributed by atoms with E-state index in [1.165, 1.54) is 5.56 Å². The molecule has 0 aliphatic heterocycles. The van der Waals surface area contributed by atoms with Crippen molar-refractivity contribution in [3.63, 3.8) is 0 Å². The largest absolute Gasteiger partial charge is 0.382 e. The molecule has 3 rings (SSSR count). The number of pyridine rings is 1. The third-order valence-corrected chi connectivity index (χ3v) is 3.78. The number of imidazole rings is 1. The van der Waals surface area contributed by atoms with Crippen LogP contribution in [0.2, 0.25) is 0 Å². The van der Waals surface area contributed by atoms with Gasteiger partial charge in [-0.3, -0.25) is 4.98 Å². The molecule has 2 heterocycles. The van der Waals surface area contributed by atoms with Crippen LogP contribution >= 0.6 is 0 Å². The number of benzene rings is 1. The fraction of sp³-hybridized carbons (Fsp3) is 0.222. The zero-order chi connectivity index (χ0) is 15.2. The summed E-state index contributed by atoms with van der Waals surface area (Å²) in [5, 5.41) is 3.38. The molecule has 0 bridgehead atoms. The molecule has 0 unspecified atom stereocenters. The molecule has 0 radical (unpaired) electrons. The van der Waals surface area contributed by atoms with Gasteiger partial charge in [0.2, 0.25) is 0 Å². The lowest BCUT2D eigenvalue weighted by atomic mass is 10.0. The first-order valence-electron chi connectivity index (χ1n) is 7.54. The molecule has 112 valence electrons. The fourth-order valence-corrected chi connectivity index (χ4v) is 2.57. The van der Waals surface area contributed by atoms with Gasteiger partial charge in [-0.15, -0.1) is 0 Å². The molecule has 0 amide bonds. The third kappa shape index (κ3) is 3.34. The zero-order valence-electron chi connectivity index (χ0n) is 12.7. The van der Waals surface area contributed by atoms with Crippen LogP contribution in [0.1, 0.15) is 24.2 Å². The molecule has 0 saturated carbocycles. The quantitative estimate of drug-likeness (QED) is 0.755. The van der Waals surface area contributed by atoms with Gasteiger partial charge in [0.05, 0.1) is 5.69 Å². The van der Waals surface area contributed by atoms with Gasteiger partial charge in [0.15, 0.2) is 0 Å². The van der Waals surface area contributed by atoms with Gasteiger partial charge in [0.25, 0.3) is 0 Å². The molecular weight excluding hydrogens is 272 g/mol. The van der Waals surface area contributed by atoms with E-state index < -0.39 is 0 Å². The van der Waals surface area contributed by atoms with Gasteiger partial charge in [0.1, 0.15) is 5.82 Å². The zero-order valence-corrected chi connectivity index (χ0v) is 12.7. The average Bonchev–Trinajstić information content (AvgIpc) is 3.04. The highest BCUT2D eigenvalue weighted by molar-refractivity contribution is 5.39. The summed E-state index contributed by atoms with van der Waals surface area (Å²) in [6, 6.07) is 14.4. The summed E-state index contributed by atoms with van der Waals surface area (Å²) < 4.78 is 2.21. The lowest BCUT2D eigenvalue weighted by molar-refractivity contribution is 0.651. The summed E-state index contributed by atoms with van der Waals surface area (Å²) in [4.78, 5) is 8.65. The smallest absolute Gasteiger partial charge is 0.115 e. The van der Waals surface area contributed by atoms with Crippen molar-refractivity contribution in [2.45, 2.75) is 19.4 Å². The van der Waals surface area contributed by atoms with E-state index in [0.717, 1.165) is 24.6 Å². The molecule has 1 aromatic carbocycles. The molecule has 0 fully saturated rings. The number of nitrogens with one attached hydrogen (secondary N) is 1. The van der Waals surface area contributed by atoms with Crippen LogP contribution in [0.3, 0.4) is 0 Å². The molecule has 0 aliphatic rings. The molecule has 0 aliphatic carbocycles. The molecule has 1 atom stereocenters. The summed E-state index contributed by atoms with van der Waals surface area (Å²) in [7, 11) is 0. The van der Waals surface area contributed by atoms with Crippen LogP contribution in [0.25, 0.3) is 0 Å². The minimum atomic E-state index is 0.287. The van der Waals surface area contributed by atoms with E-state index in [2.05, 4.69) is 51.0 Å². The van der Waals surface area contributed by atoms with E-state index in [-0.39, 0.29) is 5.92 Å². The van der Waals surface area contributed by atoms with Crippen LogP contribution in [0.5, 0.6) is 0 Å². The minimum absolute atomic E-state index is 0.287. The first-order chi connectivity index (χ1) is 10.8. The lowest BCUT2D eigenvalue weighted by Crippen LogP contribution is -2.14. The van der Waals surface area contributed by atoms with Crippen molar-refractivity contribution in [1.82, 2.24) is 14.5 Å². The van der Waals surface area contributed by atoms with Crippen molar-refractivity contribution in [2.75, 3.05) is 11.9 Å². The predicted molar refractivity (Wildman–Crippen MR) is 88.9 cm³/mol. The Kier molecular flexibility index (Phi) is 4.49. The third-order valence-electron chi connectivity index (χ3n) is 3.78. The van der Waals surface area contributed by atoms with E-state index in [4.69, 9.17) is 0 Å². The van der Waals surface area contributed by atoms with Crippen molar-refractivity contribution < 1.29 is 0 Å². The van der Waals surface area contributed by atoms with E-state index in [1.54, 1.807) is 6.20 Å². The van der Waals surface area contributed by atoms with Crippen LogP contribution < -0.4 is 5.32 Å². The molecule has 2 aromatic heterocycles. The molecule has 3 aromatic rings. The molecule has 22 heavy (non-hydrogen) atoms. The molecule has 1 N–H and O–H groups in total. The number of anilines is 1. The summed E-state index contributed by atoms with van der Waals surface area (Å²) in [6.07, 6.45) is 7.53. The van der Waals surface area contributed by atoms with Crippen LogP contribution in [0.4, 0.5) is 5.69 Å².